The van der Waals surface area contributed by atoms with Crippen molar-refractivity contribution >= 4 is 41.7 Å². The summed E-state index contributed by atoms with van der Waals surface area (Å²) in [6.07, 6.45) is 4.08. The van der Waals surface area contributed by atoms with Crippen molar-refractivity contribution in [3.05, 3.63) is 0 Å². The van der Waals surface area contributed by atoms with Crippen LogP contribution in [0.5, 0.6) is 0 Å². The van der Waals surface area contributed by atoms with Gasteiger partial charge in [-0.25, -0.2) is 0 Å². The summed E-state index contributed by atoms with van der Waals surface area (Å²) in [7, 11) is 4.39. The molecule has 0 amide bonds. The number of hydrogen-bond donors (Lipinski definition) is 2. The van der Waals surface area contributed by atoms with Gasteiger partial charge in [0.15, 0.2) is 5.96 Å². The lowest BCUT2D eigenvalue weighted by Gasteiger charge is -2.60. The molecule has 2 saturated heterocycles. The molecule has 4 atom stereocenters. The molecular formula is C19H37IN4OS. The molecule has 7 heteroatoms. The zero-order valence-electron chi connectivity index (χ0n) is 17.0. The molecule has 26 heavy (non-hydrogen) atoms. The van der Waals surface area contributed by atoms with Crippen molar-refractivity contribution < 1.29 is 4.74 Å². The van der Waals surface area contributed by atoms with E-state index in [-0.39, 0.29) is 34.9 Å². The van der Waals surface area contributed by atoms with Crippen molar-refractivity contribution in [3.8, 4) is 0 Å². The van der Waals surface area contributed by atoms with Gasteiger partial charge in [0.05, 0.1) is 12.6 Å². The number of halogens is 1. The van der Waals surface area contributed by atoms with E-state index < -0.39 is 0 Å². The minimum Gasteiger partial charge on any atom is -0.377 e. The van der Waals surface area contributed by atoms with E-state index >= 15 is 0 Å². The molecule has 2 aliphatic heterocycles. The third-order valence-electron chi connectivity index (χ3n) is 6.53. The molecular weight excluding hydrogens is 459 g/mol. The maximum atomic E-state index is 6.04. The first-order valence-corrected chi connectivity index (χ1v) is 11.0. The lowest BCUT2D eigenvalue weighted by Crippen LogP contribution is -2.71. The summed E-state index contributed by atoms with van der Waals surface area (Å²) in [6, 6.07) is 0.448. The molecule has 4 unspecified atom stereocenters. The van der Waals surface area contributed by atoms with Crippen LogP contribution >= 0.6 is 35.7 Å². The van der Waals surface area contributed by atoms with Crippen LogP contribution in [0.3, 0.4) is 0 Å². The third-order valence-corrected chi connectivity index (χ3v) is 7.76. The van der Waals surface area contributed by atoms with Gasteiger partial charge < -0.3 is 20.3 Å². The second-order valence-corrected chi connectivity index (χ2v) is 9.76. The van der Waals surface area contributed by atoms with Gasteiger partial charge in [-0.05, 0) is 46.0 Å². The van der Waals surface area contributed by atoms with Gasteiger partial charge in [0.2, 0.25) is 0 Å². The quantitative estimate of drug-likeness (QED) is 0.348. The van der Waals surface area contributed by atoms with Crippen molar-refractivity contribution in [1.29, 1.82) is 0 Å². The molecule has 3 fully saturated rings. The van der Waals surface area contributed by atoms with Crippen LogP contribution in [0.4, 0.5) is 0 Å². The highest BCUT2D eigenvalue weighted by molar-refractivity contribution is 14.0. The molecule has 1 saturated carbocycles. The first-order chi connectivity index (χ1) is 11.9. The third kappa shape index (κ3) is 4.30. The molecule has 0 aromatic heterocycles. The average molecular weight is 497 g/mol. The van der Waals surface area contributed by atoms with Crippen molar-refractivity contribution in [3.63, 3.8) is 0 Å². The minimum atomic E-state index is 0. The minimum absolute atomic E-state index is 0. The molecule has 0 radical (unpaired) electrons. The molecule has 0 bridgehead atoms. The van der Waals surface area contributed by atoms with Crippen LogP contribution in [0.15, 0.2) is 4.99 Å². The number of aliphatic imine (C=N–C) groups is 1. The monoisotopic (exact) mass is 496 g/mol. The predicted molar refractivity (Wildman–Crippen MR) is 123 cm³/mol. The Morgan fingerprint density at radius 3 is 2.73 bits per heavy atom. The van der Waals surface area contributed by atoms with Gasteiger partial charge in [0, 0.05) is 41.8 Å². The zero-order chi connectivity index (χ0) is 18.1. The van der Waals surface area contributed by atoms with Gasteiger partial charge in [-0.1, -0.05) is 13.8 Å². The summed E-state index contributed by atoms with van der Waals surface area (Å²) in [4.78, 5) is 7.39. The van der Waals surface area contributed by atoms with Gasteiger partial charge in [0.1, 0.15) is 0 Å². The fourth-order valence-electron chi connectivity index (χ4n) is 4.72. The van der Waals surface area contributed by atoms with Crippen LogP contribution in [-0.2, 0) is 4.74 Å². The second-order valence-electron chi connectivity index (χ2n) is 8.66. The molecule has 152 valence electrons. The van der Waals surface area contributed by atoms with Crippen LogP contribution in [0.25, 0.3) is 0 Å². The maximum Gasteiger partial charge on any atom is 0.191 e. The van der Waals surface area contributed by atoms with Crippen LogP contribution in [0.2, 0.25) is 0 Å². The highest BCUT2D eigenvalue weighted by Crippen LogP contribution is 2.51. The van der Waals surface area contributed by atoms with E-state index in [4.69, 9.17) is 9.73 Å². The Hall–Kier alpha value is 0.270. The molecule has 0 aromatic carbocycles. The molecule has 2 heterocycles. The second kappa shape index (κ2) is 9.18. The lowest BCUT2D eigenvalue weighted by atomic mass is 9.55. The Morgan fingerprint density at radius 2 is 2.12 bits per heavy atom. The summed E-state index contributed by atoms with van der Waals surface area (Å²) in [5.41, 5.74) is 0.377. The summed E-state index contributed by atoms with van der Waals surface area (Å²) in [5, 5.41) is 7.23. The fraction of sp³-hybridized carbons (Fsp3) is 0.947. The van der Waals surface area contributed by atoms with Crippen LogP contribution < -0.4 is 10.6 Å². The highest BCUT2D eigenvalue weighted by Gasteiger charge is 2.58. The summed E-state index contributed by atoms with van der Waals surface area (Å²) in [6.45, 7) is 9.48. The predicted octanol–water partition coefficient (Wildman–Crippen LogP) is 2.80. The van der Waals surface area contributed by atoms with Crippen LogP contribution in [0, 0.1) is 11.3 Å². The Morgan fingerprint density at radius 1 is 1.35 bits per heavy atom. The lowest BCUT2D eigenvalue weighted by molar-refractivity contribution is -0.188. The molecule has 0 aromatic rings. The van der Waals surface area contributed by atoms with Gasteiger partial charge in [-0.15, -0.1) is 24.0 Å². The van der Waals surface area contributed by atoms with Crippen molar-refractivity contribution in [2.45, 2.75) is 57.7 Å². The van der Waals surface area contributed by atoms with E-state index in [9.17, 15) is 0 Å². The number of ether oxygens (including phenoxy) is 1. The van der Waals surface area contributed by atoms with Gasteiger partial charge in [-0.2, -0.15) is 11.8 Å². The summed E-state index contributed by atoms with van der Waals surface area (Å²) in [5.74, 6) is 4.02. The standard InChI is InChI=1S/C19H36N4OS.HI/c1-6-20-17(21-12-19(23(4)5)9-11-25-13-19)22-15-14-8-7-10-24-16(14)18(15,2)3;/h14-16H,6-13H2,1-5H3,(H2,20,21,22);1H. The number of thioether (sulfide) groups is 1. The Bertz CT molecular complexity index is 494. The Labute approximate surface area is 180 Å². The first kappa shape index (κ1) is 22.6. The van der Waals surface area contributed by atoms with Gasteiger partial charge >= 0.3 is 0 Å². The molecule has 2 N–H and O–H groups in total. The number of hydrogen-bond acceptors (Lipinski definition) is 4. The normalized spacial score (nSPS) is 36.1. The molecule has 0 spiro atoms. The van der Waals surface area contributed by atoms with E-state index in [2.05, 4.69) is 62.2 Å². The van der Waals surface area contributed by atoms with Crippen molar-refractivity contribution in [1.82, 2.24) is 15.5 Å². The van der Waals surface area contributed by atoms with Crippen molar-refractivity contribution in [2.24, 2.45) is 16.3 Å². The van der Waals surface area contributed by atoms with Crippen LogP contribution in [0.1, 0.15) is 40.0 Å². The highest BCUT2D eigenvalue weighted by atomic mass is 127. The van der Waals surface area contributed by atoms with Gasteiger partial charge in [-0.3, -0.25) is 4.99 Å². The Kier molecular flexibility index (Phi) is 7.96. The number of guanidine groups is 1. The van der Waals surface area contributed by atoms with Gasteiger partial charge in [0.25, 0.3) is 0 Å². The average Bonchev–Trinajstić information content (AvgIpc) is 3.07. The number of nitrogens with one attached hydrogen (secondary N) is 2. The number of likely N-dealkylation sites (N-methyl/N-ethyl adjacent to an activating group) is 1. The summed E-state index contributed by atoms with van der Waals surface area (Å²) >= 11 is 2.05. The topological polar surface area (TPSA) is 48.9 Å². The number of rotatable bonds is 5. The molecule has 3 rings (SSSR count). The number of fused-ring (bicyclic) bond motifs is 1. The first-order valence-electron chi connectivity index (χ1n) is 9.82. The van der Waals surface area contributed by atoms with E-state index in [1.165, 1.54) is 30.8 Å². The van der Waals surface area contributed by atoms with E-state index in [1.807, 2.05) is 0 Å². The molecule has 3 aliphatic rings. The van der Waals surface area contributed by atoms with E-state index in [1.54, 1.807) is 0 Å². The SMILES string of the molecule is CCNC(=NCC1(N(C)C)CCSC1)NC1C2CCCOC2C1(C)C.I. The van der Waals surface area contributed by atoms with E-state index in [0.29, 0.717) is 18.1 Å². The zero-order valence-corrected chi connectivity index (χ0v) is 20.2. The maximum absolute atomic E-state index is 6.04. The molecule has 1 aliphatic carbocycles. The van der Waals surface area contributed by atoms with Crippen molar-refractivity contribution in [2.75, 3.05) is 45.3 Å². The number of nitrogens with zero attached hydrogens (tertiary/aromatic N) is 2. The Balaban J connectivity index is 0.00000243. The smallest absolute Gasteiger partial charge is 0.191 e. The molecule has 5 nitrogen and oxygen atoms in total. The fourth-order valence-corrected chi connectivity index (χ4v) is 6.27. The summed E-state index contributed by atoms with van der Waals surface area (Å²) < 4.78 is 6.04. The van der Waals surface area contributed by atoms with Crippen LogP contribution in [-0.4, -0.2) is 73.8 Å². The largest absolute Gasteiger partial charge is 0.377 e. The van der Waals surface area contributed by atoms with E-state index in [0.717, 1.165) is 25.7 Å².